The topological polar surface area (TPSA) is 132 Å². The van der Waals surface area contributed by atoms with E-state index in [-0.39, 0.29) is 29.4 Å². The third-order valence-corrected chi connectivity index (χ3v) is 4.61. The van der Waals surface area contributed by atoms with Crippen molar-refractivity contribution < 1.29 is 23.8 Å². The Morgan fingerprint density at radius 2 is 1.84 bits per heavy atom. The molecule has 0 saturated heterocycles. The number of hydrogen-bond acceptors (Lipinski definition) is 8. The van der Waals surface area contributed by atoms with Gasteiger partial charge in [-0.05, 0) is 30.5 Å². The van der Waals surface area contributed by atoms with Gasteiger partial charge < -0.3 is 19.9 Å². The Labute approximate surface area is 185 Å². The molecule has 2 N–H and O–H groups in total. The third-order valence-electron chi connectivity index (χ3n) is 4.61. The number of carbonyl (C=O) groups excluding carboxylic acids is 2. The van der Waals surface area contributed by atoms with Crippen LogP contribution in [0, 0.1) is 5.92 Å². The summed E-state index contributed by atoms with van der Waals surface area (Å²) < 4.78 is 17.9. The van der Waals surface area contributed by atoms with Gasteiger partial charge in [0, 0.05) is 13.6 Å². The van der Waals surface area contributed by atoms with Crippen molar-refractivity contribution in [2.24, 2.45) is 13.0 Å². The van der Waals surface area contributed by atoms with E-state index in [0.717, 1.165) is 11.0 Å². The summed E-state index contributed by atoms with van der Waals surface area (Å²) in [6.07, 6.45) is 0.808. The van der Waals surface area contributed by atoms with Crippen molar-refractivity contribution in [3.05, 3.63) is 50.2 Å². The molecular formula is C22H29N3O7. The number of aromatic nitrogens is 2. The number of ether oxygens (including phenoxy) is 3. The highest BCUT2D eigenvalue weighted by atomic mass is 16.5. The molecule has 0 fully saturated rings. The van der Waals surface area contributed by atoms with E-state index in [9.17, 15) is 19.2 Å². The Hall–Kier alpha value is -3.56. The minimum atomic E-state index is -0.840. The first kappa shape index (κ1) is 24.7. The van der Waals surface area contributed by atoms with Gasteiger partial charge in [0.25, 0.3) is 5.56 Å². The lowest BCUT2D eigenvalue weighted by molar-refractivity contribution is 0.0473. The highest BCUT2D eigenvalue weighted by Crippen LogP contribution is 2.28. The Balaban J connectivity index is 2.24. The largest absolute Gasteiger partial charge is 0.493 e. The molecular weight excluding hydrogens is 418 g/mol. The van der Waals surface area contributed by atoms with Crippen molar-refractivity contribution in [3.8, 4) is 11.5 Å². The molecule has 174 valence electrons. The summed E-state index contributed by atoms with van der Waals surface area (Å²) >= 11 is 0. The van der Waals surface area contributed by atoms with Crippen LogP contribution in [0.3, 0.4) is 0 Å². The molecule has 0 saturated carbocycles. The second-order valence-corrected chi connectivity index (χ2v) is 7.62. The number of rotatable bonds is 10. The first-order valence-corrected chi connectivity index (χ1v) is 10.2. The number of nitrogens with zero attached hydrogens (tertiary/aromatic N) is 2. The molecule has 10 nitrogen and oxygen atoms in total. The average Bonchev–Trinajstić information content (AvgIpc) is 2.77. The molecule has 0 aliphatic rings. The normalized spacial score (nSPS) is 10.8. The number of Topliss-reactive ketones (excluding diaryl/α,β-unsaturated/α-hetero) is 1. The van der Waals surface area contributed by atoms with Crippen molar-refractivity contribution in [2.75, 3.05) is 26.1 Å². The SMILES string of the molecule is CCCOc1ccc(C(=O)OCC(=O)c2c(N)n(CC(C)C)c(=O)n(C)c2=O)cc1OC. The van der Waals surface area contributed by atoms with Gasteiger partial charge in [0.1, 0.15) is 11.4 Å². The van der Waals surface area contributed by atoms with E-state index >= 15 is 0 Å². The zero-order chi connectivity index (χ0) is 24.0. The van der Waals surface area contributed by atoms with Crippen molar-refractivity contribution in [1.82, 2.24) is 9.13 Å². The molecule has 0 unspecified atom stereocenters. The van der Waals surface area contributed by atoms with Gasteiger partial charge in [-0.25, -0.2) is 9.59 Å². The van der Waals surface area contributed by atoms with E-state index in [1.165, 1.54) is 30.9 Å². The number of benzene rings is 1. The Kier molecular flexibility index (Phi) is 8.22. The van der Waals surface area contributed by atoms with Crippen molar-refractivity contribution in [3.63, 3.8) is 0 Å². The molecule has 2 rings (SSSR count). The smallest absolute Gasteiger partial charge is 0.338 e. The number of nitrogens with two attached hydrogens (primary N) is 1. The van der Waals surface area contributed by atoms with Crippen LogP contribution in [0.25, 0.3) is 0 Å². The fourth-order valence-corrected chi connectivity index (χ4v) is 3.00. The number of nitrogen functional groups attached to an aromatic ring is 1. The minimum Gasteiger partial charge on any atom is -0.493 e. The van der Waals surface area contributed by atoms with E-state index < -0.39 is 29.6 Å². The predicted octanol–water partition coefficient (Wildman–Crippen LogP) is 1.62. The summed E-state index contributed by atoms with van der Waals surface area (Å²) in [5.74, 6) is -0.961. The van der Waals surface area contributed by atoms with E-state index in [1.807, 2.05) is 20.8 Å². The summed E-state index contributed by atoms with van der Waals surface area (Å²) in [5.41, 5.74) is 4.27. The third kappa shape index (κ3) is 5.37. The maximum atomic E-state index is 12.7. The van der Waals surface area contributed by atoms with Gasteiger partial charge in [-0.1, -0.05) is 20.8 Å². The molecule has 0 amide bonds. The molecule has 10 heteroatoms. The van der Waals surface area contributed by atoms with Crippen molar-refractivity contribution in [1.29, 1.82) is 0 Å². The highest BCUT2D eigenvalue weighted by molar-refractivity contribution is 6.02. The molecule has 0 aliphatic heterocycles. The molecule has 0 spiro atoms. The molecule has 0 atom stereocenters. The molecule has 32 heavy (non-hydrogen) atoms. The lowest BCUT2D eigenvalue weighted by atomic mass is 10.1. The summed E-state index contributed by atoms with van der Waals surface area (Å²) in [4.78, 5) is 50.0. The number of hydrogen-bond donors (Lipinski definition) is 1. The van der Waals surface area contributed by atoms with Crippen LogP contribution in [0.1, 0.15) is 47.9 Å². The van der Waals surface area contributed by atoms with Crippen LogP contribution in [-0.4, -0.2) is 41.2 Å². The molecule has 0 radical (unpaired) electrons. The summed E-state index contributed by atoms with van der Waals surface area (Å²) in [7, 11) is 2.70. The fourth-order valence-electron chi connectivity index (χ4n) is 3.00. The van der Waals surface area contributed by atoms with Gasteiger partial charge >= 0.3 is 11.7 Å². The van der Waals surface area contributed by atoms with Crippen LogP contribution in [0.15, 0.2) is 27.8 Å². The predicted molar refractivity (Wildman–Crippen MR) is 119 cm³/mol. The molecule has 2 aromatic rings. The first-order valence-electron chi connectivity index (χ1n) is 10.2. The Morgan fingerprint density at radius 3 is 2.44 bits per heavy atom. The average molecular weight is 447 g/mol. The first-order chi connectivity index (χ1) is 15.1. The van der Waals surface area contributed by atoms with E-state index in [2.05, 4.69) is 0 Å². The molecule has 1 heterocycles. The quantitative estimate of drug-likeness (QED) is 0.429. The second-order valence-electron chi connectivity index (χ2n) is 7.62. The number of methoxy groups -OCH3 is 1. The summed E-state index contributed by atoms with van der Waals surface area (Å²) in [6.45, 7) is 5.70. The van der Waals surface area contributed by atoms with Gasteiger partial charge in [-0.15, -0.1) is 0 Å². The minimum absolute atomic E-state index is 0.0486. The zero-order valence-corrected chi connectivity index (χ0v) is 19.0. The van der Waals surface area contributed by atoms with E-state index in [1.54, 1.807) is 6.07 Å². The standard InChI is InChI=1S/C22H29N3O7/c1-6-9-31-16-8-7-14(10-17(16)30-5)21(28)32-12-15(26)18-19(23)25(11-13(2)3)22(29)24(4)20(18)27/h7-8,10,13H,6,9,11-12,23H2,1-5H3. The van der Waals surface area contributed by atoms with Crippen molar-refractivity contribution >= 4 is 17.6 Å². The molecule has 1 aromatic carbocycles. The van der Waals surface area contributed by atoms with Gasteiger partial charge in [0.2, 0.25) is 5.78 Å². The number of esters is 1. The van der Waals surface area contributed by atoms with Gasteiger partial charge in [-0.3, -0.25) is 18.7 Å². The van der Waals surface area contributed by atoms with Gasteiger partial charge in [0.05, 0.1) is 19.3 Å². The lowest BCUT2D eigenvalue weighted by Crippen LogP contribution is -2.43. The number of ketones is 1. The highest BCUT2D eigenvalue weighted by Gasteiger charge is 2.23. The van der Waals surface area contributed by atoms with Crippen LogP contribution < -0.4 is 26.5 Å². The number of anilines is 1. The van der Waals surface area contributed by atoms with Crippen LogP contribution in [-0.2, 0) is 18.3 Å². The second kappa shape index (κ2) is 10.7. The zero-order valence-electron chi connectivity index (χ0n) is 19.0. The Bertz CT molecular complexity index is 1120. The van der Waals surface area contributed by atoms with E-state index in [4.69, 9.17) is 19.9 Å². The summed E-state index contributed by atoms with van der Waals surface area (Å²) in [5, 5.41) is 0. The monoisotopic (exact) mass is 447 g/mol. The van der Waals surface area contributed by atoms with Crippen LogP contribution in [0.5, 0.6) is 11.5 Å². The van der Waals surface area contributed by atoms with Crippen LogP contribution in [0.2, 0.25) is 0 Å². The van der Waals surface area contributed by atoms with Crippen LogP contribution >= 0.6 is 0 Å². The van der Waals surface area contributed by atoms with Gasteiger partial charge in [0.15, 0.2) is 18.1 Å². The summed E-state index contributed by atoms with van der Waals surface area (Å²) in [6, 6.07) is 4.49. The maximum absolute atomic E-state index is 12.7. The maximum Gasteiger partial charge on any atom is 0.338 e. The molecule has 0 bridgehead atoms. The molecule has 0 aliphatic carbocycles. The van der Waals surface area contributed by atoms with Crippen molar-refractivity contribution in [2.45, 2.75) is 33.7 Å². The van der Waals surface area contributed by atoms with E-state index in [0.29, 0.717) is 18.1 Å². The Morgan fingerprint density at radius 1 is 1.16 bits per heavy atom. The van der Waals surface area contributed by atoms with Crippen LogP contribution in [0.4, 0.5) is 5.82 Å². The van der Waals surface area contributed by atoms with Gasteiger partial charge in [-0.2, -0.15) is 0 Å². The molecule has 1 aromatic heterocycles. The number of carbonyl (C=O) groups is 2. The fraction of sp³-hybridized carbons (Fsp3) is 0.455. The lowest BCUT2D eigenvalue weighted by Gasteiger charge is -2.16.